The van der Waals surface area contributed by atoms with Gasteiger partial charge in [-0.2, -0.15) is 5.10 Å². The van der Waals surface area contributed by atoms with E-state index in [-0.39, 0.29) is 5.56 Å². The molecule has 0 atom stereocenters. The number of hydrogen-bond acceptors (Lipinski definition) is 5. The summed E-state index contributed by atoms with van der Waals surface area (Å²) in [5.41, 5.74) is 2.67. The van der Waals surface area contributed by atoms with Gasteiger partial charge in [0.1, 0.15) is 5.75 Å². The summed E-state index contributed by atoms with van der Waals surface area (Å²) < 4.78 is 7.41. The van der Waals surface area contributed by atoms with Gasteiger partial charge in [0.05, 0.1) is 24.2 Å². The highest BCUT2D eigenvalue weighted by molar-refractivity contribution is 7.97. The number of nitrogens with zero attached hydrogens (tertiary/aromatic N) is 2. The lowest BCUT2D eigenvalue weighted by Crippen LogP contribution is -2.08. The van der Waals surface area contributed by atoms with E-state index in [1.165, 1.54) is 11.9 Å². The highest BCUT2D eigenvalue weighted by Crippen LogP contribution is 2.30. The highest BCUT2D eigenvalue weighted by Gasteiger charge is 2.15. The first-order chi connectivity index (χ1) is 12.2. The van der Waals surface area contributed by atoms with Crippen molar-refractivity contribution in [3.8, 4) is 5.75 Å². The van der Waals surface area contributed by atoms with Crippen LogP contribution in [0.4, 0.5) is 0 Å². The summed E-state index contributed by atoms with van der Waals surface area (Å²) in [6.07, 6.45) is 1.69. The zero-order valence-corrected chi connectivity index (χ0v) is 14.3. The predicted octanol–water partition coefficient (Wildman–Crippen LogP) is 2.90. The van der Waals surface area contributed by atoms with Crippen molar-refractivity contribution < 1.29 is 4.74 Å². The third kappa shape index (κ3) is 2.67. The van der Waals surface area contributed by atoms with E-state index < -0.39 is 0 Å². The summed E-state index contributed by atoms with van der Waals surface area (Å²) in [5, 5.41) is 13.5. The van der Waals surface area contributed by atoms with Gasteiger partial charge in [0.25, 0.3) is 5.56 Å². The normalized spacial score (nSPS) is 11.3. The minimum Gasteiger partial charge on any atom is -0.497 e. The van der Waals surface area contributed by atoms with Gasteiger partial charge < -0.3 is 9.30 Å². The molecule has 126 valence electrons. The monoisotopic (exact) mass is 352 g/mol. The molecule has 0 saturated carbocycles. The average molecular weight is 352 g/mol. The zero-order valence-electron chi connectivity index (χ0n) is 13.5. The van der Waals surface area contributed by atoms with Crippen LogP contribution < -0.4 is 15.4 Å². The van der Waals surface area contributed by atoms with Crippen molar-refractivity contribution >= 4 is 33.8 Å². The van der Waals surface area contributed by atoms with Crippen LogP contribution in [0, 0.1) is 0 Å². The number of H-pyrrole nitrogens is 1. The molecule has 0 bridgehead atoms. The van der Waals surface area contributed by atoms with Crippen molar-refractivity contribution in [1.29, 1.82) is 0 Å². The topological polar surface area (TPSA) is 85.9 Å². The van der Waals surface area contributed by atoms with Crippen LogP contribution in [-0.4, -0.2) is 21.9 Å². The lowest BCUT2D eigenvalue weighted by Gasteiger charge is -2.08. The van der Waals surface area contributed by atoms with Crippen molar-refractivity contribution in [3.63, 3.8) is 0 Å². The number of ether oxygens (including phenoxy) is 1. The molecule has 2 heterocycles. The number of fused-ring (bicyclic) bond motifs is 3. The summed E-state index contributed by atoms with van der Waals surface area (Å²) in [7, 11) is 1.61. The molecule has 2 aromatic heterocycles. The smallest absolute Gasteiger partial charge is 0.274 e. The van der Waals surface area contributed by atoms with Crippen LogP contribution in [0.2, 0.25) is 0 Å². The molecule has 6 nitrogen and oxygen atoms in total. The number of nitrogens with one attached hydrogen (secondary N) is 1. The van der Waals surface area contributed by atoms with E-state index in [2.05, 4.69) is 14.8 Å². The molecule has 0 aliphatic heterocycles. The van der Waals surface area contributed by atoms with E-state index >= 15 is 0 Å². The van der Waals surface area contributed by atoms with Gasteiger partial charge in [-0.25, -0.2) is 5.10 Å². The molecule has 4 rings (SSSR count). The number of rotatable bonds is 4. The Morgan fingerprint density at radius 2 is 2.00 bits per heavy atom. The van der Waals surface area contributed by atoms with Gasteiger partial charge in [-0.05, 0) is 47.8 Å². The molecule has 2 aromatic carbocycles. The van der Waals surface area contributed by atoms with Gasteiger partial charge in [0.15, 0.2) is 0 Å². The van der Waals surface area contributed by atoms with Gasteiger partial charge >= 0.3 is 0 Å². The van der Waals surface area contributed by atoms with E-state index in [1.54, 1.807) is 13.3 Å². The van der Waals surface area contributed by atoms with Crippen molar-refractivity contribution in [1.82, 2.24) is 14.8 Å². The lowest BCUT2D eigenvalue weighted by atomic mass is 10.2. The Labute approximate surface area is 147 Å². The second-order valence-electron chi connectivity index (χ2n) is 5.69. The van der Waals surface area contributed by atoms with Crippen LogP contribution in [0.5, 0.6) is 5.75 Å². The van der Waals surface area contributed by atoms with Crippen molar-refractivity contribution in [3.05, 3.63) is 64.6 Å². The Hall–Kier alpha value is -2.77. The van der Waals surface area contributed by atoms with Crippen LogP contribution >= 0.6 is 11.9 Å². The number of aromatic amines is 1. The van der Waals surface area contributed by atoms with E-state index in [4.69, 9.17) is 9.88 Å². The first kappa shape index (κ1) is 15.7. The first-order valence-corrected chi connectivity index (χ1v) is 8.58. The third-order valence-corrected chi connectivity index (χ3v) is 4.84. The minimum absolute atomic E-state index is 0.204. The van der Waals surface area contributed by atoms with E-state index in [0.29, 0.717) is 17.7 Å². The largest absolute Gasteiger partial charge is 0.497 e. The van der Waals surface area contributed by atoms with E-state index in [9.17, 15) is 4.79 Å². The third-order valence-electron chi connectivity index (χ3n) is 4.29. The fraction of sp³-hybridized carbons (Fsp3) is 0.111. The standard InChI is InChI=1S/C18H16N4O2S/c1-24-12-4-7-15-14(8-12)17-16(9-20-21-18(17)23)22(15)10-11-2-5-13(25-19)6-3-11/h2-9H,10,19H2,1H3,(H,21,23). The van der Waals surface area contributed by atoms with Crippen molar-refractivity contribution in [2.24, 2.45) is 5.14 Å². The lowest BCUT2D eigenvalue weighted by molar-refractivity contribution is 0.415. The minimum atomic E-state index is -0.204. The SMILES string of the molecule is COc1ccc2c(c1)c1c(=O)[nH]ncc1n2Cc1ccc(SN)cc1. The van der Waals surface area contributed by atoms with Crippen LogP contribution in [0.15, 0.2) is 58.4 Å². The fourth-order valence-electron chi connectivity index (χ4n) is 3.09. The Balaban J connectivity index is 1.94. The first-order valence-electron chi connectivity index (χ1n) is 7.70. The van der Waals surface area contributed by atoms with Crippen molar-refractivity contribution in [2.45, 2.75) is 11.4 Å². The molecule has 0 spiro atoms. The number of benzene rings is 2. The van der Waals surface area contributed by atoms with Crippen LogP contribution in [-0.2, 0) is 6.54 Å². The van der Waals surface area contributed by atoms with E-state index in [0.717, 1.165) is 26.9 Å². The molecule has 0 radical (unpaired) electrons. The summed E-state index contributed by atoms with van der Waals surface area (Å²) in [4.78, 5) is 13.4. The van der Waals surface area contributed by atoms with Crippen LogP contribution in [0.25, 0.3) is 21.8 Å². The number of aromatic nitrogens is 3. The Morgan fingerprint density at radius 1 is 1.20 bits per heavy atom. The second kappa shape index (κ2) is 6.27. The van der Waals surface area contributed by atoms with E-state index in [1.807, 2.05) is 42.5 Å². The summed E-state index contributed by atoms with van der Waals surface area (Å²) in [6.45, 7) is 0.632. The molecule has 3 N–H and O–H groups in total. The number of hydrogen-bond donors (Lipinski definition) is 2. The maximum atomic E-state index is 12.4. The molecule has 0 aliphatic carbocycles. The quantitative estimate of drug-likeness (QED) is 0.552. The summed E-state index contributed by atoms with van der Waals surface area (Å²) >= 11 is 1.22. The molecular weight excluding hydrogens is 336 g/mol. The fourth-order valence-corrected chi connectivity index (χ4v) is 3.38. The van der Waals surface area contributed by atoms with Gasteiger partial charge in [-0.15, -0.1) is 0 Å². The number of methoxy groups -OCH3 is 1. The molecule has 4 aromatic rings. The Kier molecular flexibility index (Phi) is 3.95. The highest BCUT2D eigenvalue weighted by atomic mass is 32.2. The van der Waals surface area contributed by atoms with Gasteiger partial charge in [-0.1, -0.05) is 12.1 Å². The second-order valence-corrected chi connectivity index (χ2v) is 6.40. The van der Waals surface area contributed by atoms with Crippen LogP contribution in [0.3, 0.4) is 0 Å². The molecule has 0 saturated heterocycles. The molecule has 0 aliphatic rings. The Morgan fingerprint density at radius 3 is 2.72 bits per heavy atom. The molecule has 0 amide bonds. The molecule has 0 unspecified atom stereocenters. The Bertz CT molecular complexity index is 1120. The molecule has 0 fully saturated rings. The summed E-state index contributed by atoms with van der Waals surface area (Å²) in [5.74, 6) is 0.715. The molecule has 25 heavy (non-hydrogen) atoms. The maximum absolute atomic E-state index is 12.4. The summed E-state index contributed by atoms with van der Waals surface area (Å²) in [6, 6.07) is 13.8. The van der Waals surface area contributed by atoms with Gasteiger partial charge in [0, 0.05) is 22.3 Å². The number of nitrogens with two attached hydrogens (primary N) is 1. The van der Waals surface area contributed by atoms with Gasteiger partial charge in [-0.3, -0.25) is 9.93 Å². The average Bonchev–Trinajstić information content (AvgIpc) is 2.96. The maximum Gasteiger partial charge on any atom is 0.274 e. The predicted molar refractivity (Wildman–Crippen MR) is 100 cm³/mol. The molecule has 7 heteroatoms. The molecular formula is C18H16N4O2S. The van der Waals surface area contributed by atoms with Gasteiger partial charge in [0.2, 0.25) is 0 Å². The zero-order chi connectivity index (χ0) is 17.4. The van der Waals surface area contributed by atoms with Crippen molar-refractivity contribution in [2.75, 3.05) is 7.11 Å². The van der Waals surface area contributed by atoms with Crippen LogP contribution in [0.1, 0.15) is 5.56 Å².